The first-order valence-electron chi connectivity index (χ1n) is 18.3. The number of rotatable bonds is 14. The molecular formula is C42H58N2O2Si2. The molecule has 256 valence electrons. The van der Waals surface area contributed by atoms with Gasteiger partial charge in [0.05, 0.1) is 37.6 Å². The van der Waals surface area contributed by atoms with Crippen LogP contribution in [-0.4, -0.2) is 27.4 Å². The van der Waals surface area contributed by atoms with E-state index in [0.29, 0.717) is 16.3 Å². The summed E-state index contributed by atoms with van der Waals surface area (Å²) in [6, 6.07) is 19.5. The van der Waals surface area contributed by atoms with Crippen molar-refractivity contribution in [2.45, 2.75) is 143 Å². The van der Waals surface area contributed by atoms with Crippen molar-refractivity contribution < 1.29 is 4.43 Å². The van der Waals surface area contributed by atoms with Gasteiger partial charge in [-0.1, -0.05) is 135 Å². The van der Waals surface area contributed by atoms with Crippen LogP contribution in [0.3, 0.4) is 0 Å². The number of unbranched alkanes of at least 4 members (excludes halogenated alkanes) is 5. The SMILES string of the molecule is CCCCCCCCC(C)(C)[Si]OC(Cc1ccccc1)c1cc2n(c(=O)c1C)Cc1c-2nc2ccc(C)cc2c1[Si](C)(C)C(C)(C)C. The minimum Gasteiger partial charge on any atom is -0.410 e. The van der Waals surface area contributed by atoms with Crippen LogP contribution in [-0.2, 0) is 17.4 Å². The summed E-state index contributed by atoms with van der Waals surface area (Å²) in [5, 5.41) is 2.94. The predicted molar refractivity (Wildman–Crippen MR) is 209 cm³/mol. The Hall–Kier alpha value is -2.81. The fourth-order valence-corrected chi connectivity index (χ4v) is 10.7. The number of aryl methyl sites for hydroxylation is 1. The number of benzene rings is 2. The van der Waals surface area contributed by atoms with E-state index in [1.165, 1.54) is 65.8 Å². The molecule has 0 amide bonds. The predicted octanol–water partition coefficient (Wildman–Crippen LogP) is 10.6. The van der Waals surface area contributed by atoms with Crippen molar-refractivity contribution in [1.29, 1.82) is 0 Å². The number of fused-ring (bicyclic) bond motifs is 4. The maximum atomic E-state index is 14.4. The molecule has 1 aliphatic heterocycles. The Labute approximate surface area is 293 Å². The standard InChI is InChI=1S/C42H58N2O2Si2/c1-11-12-13-14-15-19-24-42(7,8)47-46-37(26-31-20-17-16-18-21-31)32-27-36-38-34(28-44(36)40(45)30(32)3)39(48(9,10)41(4,5)6)33-25-29(2)22-23-35(33)43-38/h16-18,20-23,25,27,37H,11-15,19,24,26,28H2,1-10H3. The normalized spacial score (nSPS) is 14.0. The molecule has 0 bridgehead atoms. The van der Waals surface area contributed by atoms with Crippen LogP contribution in [0.2, 0.25) is 23.2 Å². The maximum Gasteiger partial charge on any atom is 0.254 e. The fourth-order valence-electron chi connectivity index (χ4n) is 7.16. The Morgan fingerprint density at radius 3 is 2.31 bits per heavy atom. The molecule has 2 aromatic heterocycles. The molecule has 1 aliphatic rings. The van der Waals surface area contributed by atoms with Crippen LogP contribution in [0.1, 0.15) is 120 Å². The largest absolute Gasteiger partial charge is 0.410 e. The van der Waals surface area contributed by atoms with Gasteiger partial charge < -0.3 is 8.99 Å². The summed E-state index contributed by atoms with van der Waals surface area (Å²) < 4.78 is 8.94. The van der Waals surface area contributed by atoms with E-state index < -0.39 is 8.07 Å². The third-order valence-electron chi connectivity index (χ3n) is 11.1. The Balaban J connectivity index is 1.56. The molecular weight excluding hydrogens is 621 g/mol. The van der Waals surface area contributed by atoms with Gasteiger partial charge in [-0.2, -0.15) is 0 Å². The van der Waals surface area contributed by atoms with E-state index in [1.807, 2.05) is 11.5 Å². The van der Waals surface area contributed by atoms with E-state index in [-0.39, 0.29) is 21.7 Å². The zero-order valence-electron chi connectivity index (χ0n) is 31.3. The van der Waals surface area contributed by atoms with E-state index in [9.17, 15) is 4.79 Å². The van der Waals surface area contributed by atoms with E-state index >= 15 is 0 Å². The maximum absolute atomic E-state index is 14.4. The highest BCUT2D eigenvalue weighted by Gasteiger charge is 2.42. The molecule has 0 aliphatic carbocycles. The van der Waals surface area contributed by atoms with Crippen LogP contribution < -0.4 is 10.7 Å². The highest BCUT2D eigenvalue weighted by molar-refractivity contribution is 6.94. The third-order valence-corrected chi connectivity index (χ3v) is 17.9. The average molecular weight is 679 g/mol. The molecule has 1 atom stereocenters. The van der Waals surface area contributed by atoms with Gasteiger partial charge in [0.25, 0.3) is 5.56 Å². The summed E-state index contributed by atoms with van der Waals surface area (Å²) in [6.07, 6.45) is 9.49. The van der Waals surface area contributed by atoms with Gasteiger partial charge in [0.2, 0.25) is 9.76 Å². The van der Waals surface area contributed by atoms with Crippen molar-refractivity contribution in [2.24, 2.45) is 0 Å². The molecule has 3 heterocycles. The van der Waals surface area contributed by atoms with Crippen molar-refractivity contribution >= 4 is 33.9 Å². The van der Waals surface area contributed by atoms with Crippen LogP contribution in [0.25, 0.3) is 22.3 Å². The molecule has 0 saturated heterocycles. The molecule has 4 nitrogen and oxygen atoms in total. The van der Waals surface area contributed by atoms with Crippen molar-refractivity contribution in [3.8, 4) is 11.4 Å². The Morgan fingerprint density at radius 1 is 0.938 bits per heavy atom. The summed E-state index contributed by atoms with van der Waals surface area (Å²) in [6.45, 7) is 23.8. The molecule has 0 N–H and O–H groups in total. The van der Waals surface area contributed by atoms with Gasteiger partial charge in [-0.05, 0) is 70.4 Å². The van der Waals surface area contributed by atoms with Crippen LogP contribution in [0.15, 0.2) is 59.4 Å². The van der Waals surface area contributed by atoms with Crippen molar-refractivity contribution in [1.82, 2.24) is 9.55 Å². The lowest BCUT2D eigenvalue weighted by molar-refractivity contribution is 0.204. The molecule has 0 spiro atoms. The third kappa shape index (κ3) is 7.66. The monoisotopic (exact) mass is 678 g/mol. The second-order valence-corrected chi connectivity index (χ2v) is 23.6. The van der Waals surface area contributed by atoms with E-state index in [0.717, 1.165) is 40.9 Å². The van der Waals surface area contributed by atoms with Gasteiger partial charge in [0.1, 0.15) is 0 Å². The second-order valence-electron chi connectivity index (χ2n) is 16.5. The number of hydrogen-bond donors (Lipinski definition) is 0. The van der Waals surface area contributed by atoms with Gasteiger partial charge in [-0.15, -0.1) is 0 Å². The molecule has 2 radical (unpaired) electrons. The number of pyridine rings is 2. The van der Waals surface area contributed by atoms with E-state index in [2.05, 4.69) is 116 Å². The van der Waals surface area contributed by atoms with Crippen LogP contribution >= 0.6 is 0 Å². The first-order chi connectivity index (χ1) is 22.6. The fraction of sp³-hybridized carbons (Fsp3) is 0.524. The van der Waals surface area contributed by atoms with Crippen LogP contribution in [0, 0.1) is 13.8 Å². The topological polar surface area (TPSA) is 44.1 Å². The zero-order chi connectivity index (χ0) is 34.9. The molecule has 5 rings (SSSR count). The number of hydrogen-bond acceptors (Lipinski definition) is 3. The average Bonchev–Trinajstić information content (AvgIpc) is 3.39. The van der Waals surface area contributed by atoms with Crippen molar-refractivity contribution in [2.75, 3.05) is 0 Å². The summed E-state index contributed by atoms with van der Waals surface area (Å²) >= 11 is 0. The van der Waals surface area contributed by atoms with E-state index in [1.54, 1.807) is 0 Å². The summed E-state index contributed by atoms with van der Waals surface area (Å²) in [4.78, 5) is 19.7. The van der Waals surface area contributed by atoms with Gasteiger partial charge in [0, 0.05) is 17.4 Å². The minimum atomic E-state index is -2.02. The summed E-state index contributed by atoms with van der Waals surface area (Å²) in [5.41, 5.74) is 8.54. The van der Waals surface area contributed by atoms with Gasteiger partial charge in [0.15, 0.2) is 0 Å². The Kier molecular flexibility index (Phi) is 11.1. The Bertz CT molecular complexity index is 1800. The molecule has 48 heavy (non-hydrogen) atoms. The van der Waals surface area contributed by atoms with Crippen molar-refractivity contribution in [3.05, 3.63) is 92.8 Å². The quantitative estimate of drug-likeness (QED) is 0.0867. The number of nitrogens with zero attached hydrogens (tertiary/aromatic N) is 2. The second kappa shape index (κ2) is 14.6. The summed E-state index contributed by atoms with van der Waals surface area (Å²) in [7, 11) is -1.67. The summed E-state index contributed by atoms with van der Waals surface area (Å²) in [5.74, 6) is 0. The first kappa shape index (κ1) is 36.5. The van der Waals surface area contributed by atoms with Crippen molar-refractivity contribution in [3.63, 3.8) is 0 Å². The zero-order valence-corrected chi connectivity index (χ0v) is 33.3. The van der Waals surface area contributed by atoms with Crippen LogP contribution in [0.4, 0.5) is 0 Å². The van der Waals surface area contributed by atoms with E-state index in [4.69, 9.17) is 9.41 Å². The molecule has 6 heteroatoms. The smallest absolute Gasteiger partial charge is 0.254 e. The number of aromatic nitrogens is 2. The highest BCUT2D eigenvalue weighted by atomic mass is 28.3. The minimum absolute atomic E-state index is 0.0817. The lowest BCUT2D eigenvalue weighted by atomic mass is 9.97. The van der Waals surface area contributed by atoms with Gasteiger partial charge in [-0.3, -0.25) is 4.79 Å². The molecule has 4 aromatic rings. The van der Waals surface area contributed by atoms with Crippen LogP contribution in [0.5, 0.6) is 0 Å². The van der Waals surface area contributed by atoms with Gasteiger partial charge in [-0.25, -0.2) is 4.98 Å². The lowest BCUT2D eigenvalue weighted by Crippen LogP contribution is -2.51. The van der Waals surface area contributed by atoms with Gasteiger partial charge >= 0.3 is 0 Å². The molecule has 2 aromatic carbocycles. The lowest BCUT2D eigenvalue weighted by Gasteiger charge is -2.39. The molecule has 0 fully saturated rings. The Morgan fingerprint density at radius 2 is 1.62 bits per heavy atom. The first-order valence-corrected chi connectivity index (χ1v) is 22.2. The molecule has 1 unspecified atom stereocenters. The highest BCUT2D eigenvalue weighted by Crippen LogP contribution is 2.42. The molecule has 0 saturated carbocycles.